The molecular formula is C19H21N3O3S. The molecular weight excluding hydrogens is 350 g/mol. The Morgan fingerprint density at radius 2 is 1.96 bits per heavy atom. The predicted molar refractivity (Wildman–Crippen MR) is 107 cm³/mol. The van der Waals surface area contributed by atoms with Crippen LogP contribution >= 0.6 is 12.2 Å². The second kappa shape index (κ2) is 8.53. The van der Waals surface area contributed by atoms with Crippen molar-refractivity contribution in [3.8, 4) is 0 Å². The summed E-state index contributed by atoms with van der Waals surface area (Å²) < 4.78 is 0. The molecule has 0 fully saturated rings. The van der Waals surface area contributed by atoms with E-state index < -0.39 is 10.8 Å². The van der Waals surface area contributed by atoms with Gasteiger partial charge < -0.3 is 5.32 Å². The summed E-state index contributed by atoms with van der Waals surface area (Å²) in [5.41, 5.74) is 2.52. The van der Waals surface area contributed by atoms with Gasteiger partial charge in [-0.1, -0.05) is 38.1 Å². The average molecular weight is 371 g/mol. The van der Waals surface area contributed by atoms with Gasteiger partial charge in [0.25, 0.3) is 11.6 Å². The summed E-state index contributed by atoms with van der Waals surface area (Å²) in [5.74, 6) is -0.149. The predicted octanol–water partition coefficient (Wildman–Crippen LogP) is 4.54. The van der Waals surface area contributed by atoms with Crippen molar-refractivity contribution in [2.75, 3.05) is 5.32 Å². The molecule has 2 N–H and O–H groups in total. The number of nitrogens with zero attached hydrogens (tertiary/aromatic N) is 1. The molecule has 0 heterocycles. The molecule has 0 aliphatic carbocycles. The van der Waals surface area contributed by atoms with Crippen molar-refractivity contribution in [3.05, 3.63) is 69.3 Å². The molecule has 0 aromatic heterocycles. The van der Waals surface area contributed by atoms with Crippen molar-refractivity contribution in [2.24, 2.45) is 0 Å². The minimum absolute atomic E-state index is 0.0985. The SMILES string of the molecule is CC[C@H](C)c1ccccc1NC(=S)NC(=O)c1ccc(C)c([N+](=O)[O-])c1. The number of anilines is 1. The first-order chi connectivity index (χ1) is 12.3. The van der Waals surface area contributed by atoms with E-state index in [1.807, 2.05) is 24.3 Å². The smallest absolute Gasteiger partial charge is 0.273 e. The van der Waals surface area contributed by atoms with Crippen LogP contribution in [-0.4, -0.2) is 15.9 Å². The Morgan fingerprint density at radius 1 is 1.27 bits per heavy atom. The highest BCUT2D eigenvalue weighted by atomic mass is 32.1. The van der Waals surface area contributed by atoms with Gasteiger partial charge in [0, 0.05) is 22.9 Å². The molecule has 0 aliphatic heterocycles. The number of amides is 1. The van der Waals surface area contributed by atoms with E-state index in [2.05, 4.69) is 24.5 Å². The molecule has 0 bridgehead atoms. The first-order valence-corrected chi connectivity index (χ1v) is 8.70. The number of nitro groups is 1. The summed E-state index contributed by atoms with van der Waals surface area (Å²) in [5, 5.41) is 16.8. The van der Waals surface area contributed by atoms with Gasteiger partial charge in [-0.05, 0) is 49.2 Å². The number of rotatable bonds is 5. The minimum Gasteiger partial charge on any atom is -0.332 e. The lowest BCUT2D eigenvalue weighted by Crippen LogP contribution is -2.34. The van der Waals surface area contributed by atoms with Crippen LogP contribution in [-0.2, 0) is 0 Å². The van der Waals surface area contributed by atoms with E-state index in [9.17, 15) is 14.9 Å². The van der Waals surface area contributed by atoms with Crippen molar-refractivity contribution in [2.45, 2.75) is 33.1 Å². The Hall–Kier alpha value is -2.80. The zero-order chi connectivity index (χ0) is 19.3. The molecule has 7 heteroatoms. The molecule has 0 spiro atoms. The highest BCUT2D eigenvalue weighted by Crippen LogP contribution is 2.26. The molecule has 1 atom stereocenters. The van der Waals surface area contributed by atoms with Gasteiger partial charge in [0.2, 0.25) is 0 Å². The largest absolute Gasteiger partial charge is 0.332 e. The van der Waals surface area contributed by atoms with E-state index in [1.165, 1.54) is 12.1 Å². The number of carbonyl (C=O) groups is 1. The average Bonchev–Trinajstić information content (AvgIpc) is 2.61. The van der Waals surface area contributed by atoms with Crippen LogP contribution in [0.3, 0.4) is 0 Å². The number of hydrogen-bond acceptors (Lipinski definition) is 4. The topological polar surface area (TPSA) is 84.3 Å². The number of aryl methyl sites for hydroxylation is 1. The number of para-hydroxylation sites is 1. The Bertz CT molecular complexity index is 852. The number of nitro benzene ring substituents is 1. The van der Waals surface area contributed by atoms with Crippen molar-refractivity contribution >= 4 is 34.6 Å². The quantitative estimate of drug-likeness (QED) is 0.458. The van der Waals surface area contributed by atoms with E-state index in [1.54, 1.807) is 13.0 Å². The molecule has 2 aromatic rings. The highest BCUT2D eigenvalue weighted by molar-refractivity contribution is 7.80. The molecule has 0 saturated carbocycles. The lowest BCUT2D eigenvalue weighted by Gasteiger charge is -2.17. The van der Waals surface area contributed by atoms with Crippen LogP contribution in [0.2, 0.25) is 0 Å². The number of carbonyl (C=O) groups excluding carboxylic acids is 1. The van der Waals surface area contributed by atoms with Gasteiger partial charge in [-0.2, -0.15) is 0 Å². The van der Waals surface area contributed by atoms with Gasteiger partial charge in [-0.25, -0.2) is 0 Å². The van der Waals surface area contributed by atoms with Gasteiger partial charge in [0.15, 0.2) is 5.11 Å². The number of thiocarbonyl (C=S) groups is 1. The molecule has 0 unspecified atom stereocenters. The molecule has 136 valence electrons. The van der Waals surface area contributed by atoms with E-state index in [0.29, 0.717) is 11.5 Å². The molecule has 0 radical (unpaired) electrons. The van der Waals surface area contributed by atoms with E-state index in [4.69, 9.17) is 12.2 Å². The molecule has 0 saturated heterocycles. The first kappa shape index (κ1) is 19.5. The van der Waals surface area contributed by atoms with Crippen molar-refractivity contribution < 1.29 is 9.72 Å². The third-order valence-corrected chi connectivity index (χ3v) is 4.45. The van der Waals surface area contributed by atoms with Gasteiger partial charge >= 0.3 is 0 Å². The molecule has 2 rings (SSSR count). The fourth-order valence-electron chi connectivity index (χ4n) is 2.54. The second-order valence-corrected chi connectivity index (χ2v) is 6.47. The summed E-state index contributed by atoms with van der Waals surface area (Å²) in [7, 11) is 0. The maximum Gasteiger partial charge on any atom is 0.273 e. The summed E-state index contributed by atoms with van der Waals surface area (Å²) in [6.07, 6.45) is 0.977. The lowest BCUT2D eigenvalue weighted by atomic mass is 9.97. The Kier molecular flexibility index (Phi) is 6.41. The van der Waals surface area contributed by atoms with Crippen molar-refractivity contribution in [1.82, 2.24) is 5.32 Å². The maximum absolute atomic E-state index is 12.3. The van der Waals surface area contributed by atoms with Crippen LogP contribution in [0, 0.1) is 17.0 Å². The summed E-state index contributed by atoms with van der Waals surface area (Å²) in [6, 6.07) is 12.1. The number of hydrogen-bond donors (Lipinski definition) is 2. The van der Waals surface area contributed by atoms with Crippen LogP contribution in [0.4, 0.5) is 11.4 Å². The third kappa shape index (κ3) is 4.64. The Morgan fingerprint density at radius 3 is 2.62 bits per heavy atom. The zero-order valence-electron chi connectivity index (χ0n) is 14.9. The standard InChI is InChI=1S/C19H21N3O3S/c1-4-12(2)15-7-5-6-8-16(15)20-19(26)21-18(23)14-10-9-13(3)17(11-14)22(24)25/h5-12H,4H2,1-3H3,(H2,20,21,23,26)/t12-/m0/s1. The molecule has 6 nitrogen and oxygen atoms in total. The van der Waals surface area contributed by atoms with Gasteiger partial charge in [-0.15, -0.1) is 0 Å². The second-order valence-electron chi connectivity index (χ2n) is 6.06. The normalized spacial score (nSPS) is 11.5. The fraction of sp³-hybridized carbons (Fsp3) is 0.263. The Balaban J connectivity index is 2.13. The first-order valence-electron chi connectivity index (χ1n) is 8.29. The molecule has 0 aliphatic rings. The van der Waals surface area contributed by atoms with E-state index in [-0.39, 0.29) is 16.4 Å². The Labute approximate surface area is 157 Å². The van der Waals surface area contributed by atoms with Crippen molar-refractivity contribution in [1.29, 1.82) is 0 Å². The monoisotopic (exact) mass is 371 g/mol. The van der Waals surface area contributed by atoms with Gasteiger partial charge in [0.1, 0.15) is 0 Å². The van der Waals surface area contributed by atoms with Gasteiger partial charge in [-0.3, -0.25) is 20.2 Å². The molecule has 26 heavy (non-hydrogen) atoms. The lowest BCUT2D eigenvalue weighted by molar-refractivity contribution is -0.385. The number of benzene rings is 2. The van der Waals surface area contributed by atoms with E-state index >= 15 is 0 Å². The maximum atomic E-state index is 12.3. The van der Waals surface area contributed by atoms with Crippen LogP contribution in [0.15, 0.2) is 42.5 Å². The van der Waals surface area contributed by atoms with Crippen LogP contribution in [0.25, 0.3) is 0 Å². The van der Waals surface area contributed by atoms with Gasteiger partial charge in [0.05, 0.1) is 4.92 Å². The van der Waals surface area contributed by atoms with Crippen LogP contribution in [0.5, 0.6) is 0 Å². The summed E-state index contributed by atoms with van der Waals surface area (Å²) in [6.45, 7) is 5.84. The zero-order valence-corrected chi connectivity index (χ0v) is 15.7. The molecule has 2 aromatic carbocycles. The summed E-state index contributed by atoms with van der Waals surface area (Å²) >= 11 is 5.23. The van der Waals surface area contributed by atoms with E-state index in [0.717, 1.165) is 17.7 Å². The highest BCUT2D eigenvalue weighted by Gasteiger charge is 2.16. The molecule has 1 amide bonds. The summed E-state index contributed by atoms with van der Waals surface area (Å²) in [4.78, 5) is 22.9. The fourth-order valence-corrected chi connectivity index (χ4v) is 2.74. The minimum atomic E-state index is -0.509. The number of nitrogens with one attached hydrogen (secondary N) is 2. The third-order valence-electron chi connectivity index (χ3n) is 4.25. The van der Waals surface area contributed by atoms with Crippen LogP contribution < -0.4 is 10.6 Å². The van der Waals surface area contributed by atoms with Crippen LogP contribution in [0.1, 0.15) is 47.7 Å². The van der Waals surface area contributed by atoms with Crippen molar-refractivity contribution in [3.63, 3.8) is 0 Å².